The summed E-state index contributed by atoms with van der Waals surface area (Å²) in [6, 6.07) is 21.2. The Kier molecular flexibility index (Phi) is 53.3. The number of aliphatic hydroxyl groups is 1. The average molecular weight is 1540 g/mol. The maximum absolute atomic E-state index is 12.4. The fraction of sp³-hybridized carbons (Fsp3) is 0.394. The number of esters is 4. The summed E-state index contributed by atoms with van der Waals surface area (Å²) in [5.41, 5.74) is 15.1. The minimum Gasteiger partial charge on any atom is -0.870 e. The molecule has 6 heterocycles. The van der Waals surface area contributed by atoms with Gasteiger partial charge in [0.05, 0.1) is 83.7 Å². The Balaban J connectivity index is -0.000000274. The second kappa shape index (κ2) is 52.9. The predicted molar refractivity (Wildman–Crippen MR) is 383 cm³/mol. The van der Waals surface area contributed by atoms with Crippen molar-refractivity contribution in [1.82, 2.24) is 26.5 Å². The van der Waals surface area contributed by atoms with Crippen LogP contribution in [0.4, 0.5) is 0 Å². The van der Waals surface area contributed by atoms with E-state index in [9.17, 15) is 38.4 Å². The Labute approximate surface area is 659 Å². The number of aromatic carboxylic acids is 1. The van der Waals surface area contributed by atoms with E-state index in [4.69, 9.17) is 68.6 Å². The number of carbonyl (C=O) groups excluding carboxylic acids is 7. The first-order valence-electron chi connectivity index (χ1n) is 30.0. The molecule has 0 saturated heterocycles. The number of terminal acetylenes is 1. The summed E-state index contributed by atoms with van der Waals surface area (Å²) < 4.78 is 65.8. The van der Waals surface area contributed by atoms with E-state index < -0.39 is 63.8 Å². The number of carbonyl (C=O) groups is 8. The first-order chi connectivity index (χ1) is 46.2. The van der Waals surface area contributed by atoms with Crippen LogP contribution in [0, 0.1) is 29.8 Å². The van der Waals surface area contributed by atoms with Crippen molar-refractivity contribution < 1.29 is 171 Å². The first kappa shape index (κ1) is 104. The number of halogens is 2. The molecule has 560 valence electrons. The van der Waals surface area contributed by atoms with E-state index in [0.29, 0.717) is 105 Å². The maximum Gasteiger partial charge on any atom is 1.00 e. The summed E-state index contributed by atoms with van der Waals surface area (Å²) in [7, 11) is 3.89. The molecule has 0 spiro atoms. The third-order valence-corrected chi connectivity index (χ3v) is 17.9. The molecular weight excluding hydrogens is 1450 g/mol. The Morgan fingerprint density at radius 3 is 1.27 bits per heavy atom. The molecule has 10 rings (SSSR count). The Morgan fingerprint density at radius 2 is 0.913 bits per heavy atom. The number of nitrogens with one attached hydrogen (secondary N) is 4. The van der Waals surface area contributed by atoms with Gasteiger partial charge in [-0.3, -0.25) is 24.6 Å². The second-order valence-corrected chi connectivity index (χ2v) is 30.9. The predicted octanol–water partition coefficient (Wildman–Crippen LogP) is 5.58. The van der Waals surface area contributed by atoms with Gasteiger partial charge < -0.3 is 83.3 Å². The Morgan fingerprint density at radius 1 is 0.573 bits per heavy atom. The van der Waals surface area contributed by atoms with Crippen molar-refractivity contribution >= 4 is 88.5 Å². The smallest absolute Gasteiger partial charge is 0.870 e. The first-order valence-corrected chi connectivity index (χ1v) is 36.9. The molecule has 103 heavy (non-hydrogen) atoms. The van der Waals surface area contributed by atoms with Crippen molar-refractivity contribution in [3.8, 4) is 81.4 Å². The molecule has 4 aliphatic rings. The van der Waals surface area contributed by atoms with Crippen LogP contribution in [0.5, 0.6) is 46.0 Å². The monoisotopic (exact) mass is 1540 g/mol. The summed E-state index contributed by atoms with van der Waals surface area (Å²) in [6.07, 6.45) is 8.44. The molecular formula is C66H94Cl2N8Na2O23Si2. The zero-order valence-electron chi connectivity index (χ0n) is 61.1. The SMILES string of the molecule is C#C.CCO.CCOC(=O)C(=O)C1COc2cccc(OC)c2C1=O.CCOC(=O)C(=O)OCC.CCOC(=O)c1[nH]nc2c1COc1cccc(OC)c1-2.COc1cccc2c1-c1n[nH]c(C(=O)O)c1CO2.COc1cccc2c1C(=O)CCO2.C[Si](C)(C)[N-][Si](C)(C)C.Cl.Cl.N.N=N.[HH].[Na+].[Na+].[OH-]. The summed E-state index contributed by atoms with van der Waals surface area (Å²) in [4.78, 5) is 91.0. The molecule has 10 N–H and O–H groups in total. The number of H-pyrrole nitrogens is 2. The molecule has 1 unspecified atom stereocenters. The number of fused-ring (bicyclic) bond motifs is 8. The molecule has 4 aromatic carbocycles. The number of ether oxygens (including phenoxy) is 12. The van der Waals surface area contributed by atoms with E-state index in [-0.39, 0.29) is 160 Å². The quantitative estimate of drug-likeness (QED) is 0.0133. The number of aromatic amines is 2. The van der Waals surface area contributed by atoms with Gasteiger partial charge in [0.25, 0.3) is 5.78 Å². The number of rotatable bonds is 14. The van der Waals surface area contributed by atoms with E-state index in [1.54, 1.807) is 98.4 Å². The van der Waals surface area contributed by atoms with Gasteiger partial charge >= 0.3 is 89.0 Å². The third kappa shape index (κ3) is 30.7. The molecule has 31 nitrogen and oxygen atoms in total. The Hall–Kier alpha value is -7.93. The van der Waals surface area contributed by atoms with E-state index in [1.165, 1.54) is 7.11 Å². The number of Topliss-reactive ketones (excluding diaryl/α,β-unsaturated/α-hetero) is 3. The fourth-order valence-electron chi connectivity index (χ4n) is 9.19. The van der Waals surface area contributed by atoms with Gasteiger partial charge in [-0.05, 0) is 83.1 Å². The molecule has 0 amide bonds. The number of benzene rings is 4. The van der Waals surface area contributed by atoms with Crippen molar-refractivity contribution in [3.05, 3.63) is 111 Å². The minimum atomic E-state index is -1.18. The molecule has 0 saturated carbocycles. The van der Waals surface area contributed by atoms with Crippen LogP contribution in [0.15, 0.2) is 72.8 Å². The Bertz CT molecular complexity index is 3590. The normalized spacial score (nSPS) is 11.9. The van der Waals surface area contributed by atoms with Crippen LogP contribution in [-0.2, 0) is 51.3 Å². The fourth-order valence-corrected chi connectivity index (χ4v) is 17.2. The summed E-state index contributed by atoms with van der Waals surface area (Å²) in [6.45, 7) is 23.8. The molecule has 0 radical (unpaired) electrons. The van der Waals surface area contributed by atoms with Gasteiger partial charge in [0.15, 0.2) is 23.0 Å². The molecule has 0 fully saturated rings. The zero-order chi connectivity index (χ0) is 73.2. The number of methoxy groups -OCH3 is 4. The van der Waals surface area contributed by atoms with Crippen LogP contribution in [0.25, 0.3) is 27.2 Å². The van der Waals surface area contributed by atoms with Gasteiger partial charge in [0.2, 0.25) is 0 Å². The zero-order valence-corrected chi connectivity index (χ0v) is 68.7. The number of ketones is 3. The molecule has 4 aliphatic heterocycles. The number of carboxylic acid groups (broad SMARTS) is 1. The largest absolute Gasteiger partial charge is 1.00 e. The molecule has 1 atom stereocenters. The average Bonchev–Trinajstić information content (AvgIpc) is 1.81. The molecule has 37 heteroatoms. The van der Waals surface area contributed by atoms with Crippen LogP contribution < -0.4 is 103 Å². The topological polar surface area (TPSA) is 472 Å². The van der Waals surface area contributed by atoms with Gasteiger partial charge in [0.1, 0.15) is 94.2 Å². The molecule has 2 aromatic heterocycles. The van der Waals surface area contributed by atoms with Crippen molar-refractivity contribution in [2.75, 3.05) is 74.7 Å². The molecule has 6 aromatic rings. The number of aliphatic hydroxyl groups excluding tert-OH is 1. The van der Waals surface area contributed by atoms with E-state index in [1.807, 2.05) is 30.3 Å². The van der Waals surface area contributed by atoms with Crippen LogP contribution >= 0.6 is 24.8 Å². The van der Waals surface area contributed by atoms with Gasteiger partial charge in [0, 0.05) is 14.5 Å². The summed E-state index contributed by atoms with van der Waals surface area (Å²) >= 11 is 0. The van der Waals surface area contributed by atoms with Crippen LogP contribution in [0.2, 0.25) is 39.3 Å². The van der Waals surface area contributed by atoms with Gasteiger partial charge in [-0.25, -0.2) is 35.0 Å². The second-order valence-electron chi connectivity index (χ2n) is 21.3. The van der Waals surface area contributed by atoms with Crippen molar-refractivity contribution in [1.29, 1.82) is 11.1 Å². The van der Waals surface area contributed by atoms with Gasteiger partial charge in [-0.1, -0.05) is 80.0 Å². The number of aromatic nitrogens is 4. The minimum absolute atomic E-state index is 0. The molecule has 0 aliphatic carbocycles. The third-order valence-electron chi connectivity index (χ3n) is 12.5. The van der Waals surface area contributed by atoms with E-state index in [0.717, 1.165) is 5.56 Å². The number of hydrogen-bond acceptors (Lipinski definition) is 27. The standard InChI is InChI=1S/C14H14N2O4.C14H14O6.C12H10N2O4.C10H10O3.C6H18NSi2.C6H10O4.C2H6O.C2H2.2ClH.H2N2.H3N.2Na.H2O.H2/c1-3-19-14(17)13-8-7-20-10-6-4-5-9(18-2)11(10)12(8)15-16-13;1-3-19-14(17)13(16)8-7-20-10-6-4-5-9(18-2)11(10)12(8)15;1-17-7-3-2-4-8-9(7)10-6(5-18-8)11(12(15)16)14-13-10;1-12-8-3-2-4-9-10(8)7(11)5-6-13-9;1-8(2,3)7-9(4,5)6;1-3-9-5(7)6(8)10-4-2;1-2-3;1-2;;;1-2;;;;;/h4-6H,3,7H2,1-2H3,(H,15,16);4-6,8H,3,7H2,1-2H3;2-4H,5H2,1H3,(H,13,14)(H,15,16);2-4H,5-6H2,1H3;1-6H3;3-4H2,1-2H3;3H,2H2,1H3;1-2H;2*1H;1-2H;1H3;;;1H2;1H/q;;;;-1;;;;;;;;2*+1;;/p-1. The summed E-state index contributed by atoms with van der Waals surface area (Å²) in [5.74, 6) is -2.32. The van der Waals surface area contributed by atoms with Crippen LogP contribution in [0.1, 0.15) is 95.3 Å². The van der Waals surface area contributed by atoms with Crippen molar-refractivity contribution in [3.63, 3.8) is 0 Å². The van der Waals surface area contributed by atoms with Crippen molar-refractivity contribution in [2.24, 2.45) is 5.92 Å². The number of nitrogens with zero attached hydrogens (tertiary/aromatic N) is 3. The van der Waals surface area contributed by atoms with Crippen LogP contribution in [-0.4, -0.2) is 174 Å². The number of hydrogen-bond donors (Lipinski definition) is 7. The molecule has 0 bridgehead atoms. The van der Waals surface area contributed by atoms with Crippen LogP contribution in [0.3, 0.4) is 0 Å². The summed E-state index contributed by atoms with van der Waals surface area (Å²) in [5, 5.41) is 30.2. The maximum atomic E-state index is 12.4. The van der Waals surface area contributed by atoms with Gasteiger partial charge in [-0.15, -0.1) is 37.7 Å². The van der Waals surface area contributed by atoms with E-state index >= 15 is 0 Å². The number of carboxylic acids is 1. The van der Waals surface area contributed by atoms with E-state index in [2.05, 4.69) is 86.7 Å². The van der Waals surface area contributed by atoms with Crippen molar-refractivity contribution in [2.45, 2.75) is 93.5 Å². The van der Waals surface area contributed by atoms with Gasteiger partial charge in [-0.2, -0.15) is 10.2 Å².